The maximum Gasteiger partial charge on any atom is 0.281 e. The molecule has 2 heterocycles. The predicted molar refractivity (Wildman–Crippen MR) is 217 cm³/mol. The van der Waals surface area contributed by atoms with Crippen LogP contribution in [0.1, 0.15) is 57.7 Å². The molecule has 3 aromatic carbocycles. The van der Waals surface area contributed by atoms with Gasteiger partial charge in [0, 0.05) is 19.0 Å². The number of carbonyl (C=O) groups is 2. The summed E-state index contributed by atoms with van der Waals surface area (Å²) in [6.45, 7) is 9.71. The number of aliphatic imine (C=N–C) groups is 3. The molecular weight excluding hydrogens is 749 g/mol. The molecule has 15 nitrogen and oxygen atoms in total. The van der Waals surface area contributed by atoms with Gasteiger partial charge in [-0.15, -0.1) is 0 Å². The Hall–Kier alpha value is -5.07. The third kappa shape index (κ3) is 10.7. The van der Waals surface area contributed by atoms with E-state index in [4.69, 9.17) is 28.0 Å². The molecule has 0 saturated carbocycles. The van der Waals surface area contributed by atoms with Crippen LogP contribution in [0.15, 0.2) is 93.8 Å². The Morgan fingerprint density at radius 2 is 1.49 bits per heavy atom. The summed E-state index contributed by atoms with van der Waals surface area (Å²) < 4.78 is 39.8. The number of methoxy groups -OCH3 is 2. The van der Waals surface area contributed by atoms with Gasteiger partial charge in [-0.3, -0.25) is 24.8 Å². The molecule has 16 heteroatoms. The molecule has 0 fully saturated rings. The molecule has 2 amide bonds. The zero-order chi connectivity index (χ0) is 41.0. The van der Waals surface area contributed by atoms with Crippen LogP contribution in [0.3, 0.4) is 0 Å². The predicted octanol–water partition coefficient (Wildman–Crippen LogP) is 5.79. The second-order valence-electron chi connectivity index (χ2n) is 13.6. The molecule has 3 aromatic rings. The number of benzene rings is 3. The first kappa shape index (κ1) is 43.1. The van der Waals surface area contributed by atoms with Crippen molar-refractivity contribution in [3.63, 3.8) is 0 Å². The third-order valence-corrected chi connectivity index (χ3v) is 11.1. The fourth-order valence-electron chi connectivity index (χ4n) is 6.42. The SMILES string of the molecule is COc1ccc(C(OC[C@H](COP(OCCC#N)N(C(C)C)C(C)C)OCN2C=NC3C(=O)N=C(NC(C)=O)N=C32)(c2ccccc2)c2ccc(OC)cc2)cc1. The zero-order valence-electron chi connectivity index (χ0n) is 33.3. The van der Waals surface area contributed by atoms with Crippen LogP contribution in [0.25, 0.3) is 0 Å². The topological polar surface area (TPSA) is 169 Å². The van der Waals surface area contributed by atoms with Gasteiger partial charge in [0.1, 0.15) is 29.9 Å². The number of guanidine groups is 1. The van der Waals surface area contributed by atoms with Crippen molar-refractivity contribution in [2.45, 2.75) is 70.9 Å². The number of nitriles is 1. The highest BCUT2D eigenvalue weighted by molar-refractivity contribution is 7.44. The number of nitrogens with one attached hydrogen (secondary N) is 1. The van der Waals surface area contributed by atoms with Crippen LogP contribution >= 0.6 is 8.53 Å². The zero-order valence-corrected chi connectivity index (χ0v) is 34.2. The first-order valence-corrected chi connectivity index (χ1v) is 19.7. The van der Waals surface area contributed by atoms with Crippen molar-refractivity contribution >= 4 is 38.5 Å². The molecule has 1 N–H and O–H groups in total. The molecule has 2 aliphatic rings. The van der Waals surface area contributed by atoms with Crippen molar-refractivity contribution in [3.05, 3.63) is 95.6 Å². The van der Waals surface area contributed by atoms with E-state index in [0.717, 1.165) is 16.7 Å². The van der Waals surface area contributed by atoms with Crippen LogP contribution < -0.4 is 14.8 Å². The van der Waals surface area contributed by atoms with Crippen molar-refractivity contribution in [2.75, 3.05) is 40.8 Å². The number of fused-ring (bicyclic) bond motifs is 1. The van der Waals surface area contributed by atoms with Crippen LogP contribution in [0, 0.1) is 11.3 Å². The molecule has 0 aliphatic carbocycles. The van der Waals surface area contributed by atoms with Crippen molar-refractivity contribution < 1.29 is 37.6 Å². The molecule has 2 unspecified atom stereocenters. The Kier molecular flexibility index (Phi) is 15.4. The first-order chi connectivity index (χ1) is 27.5. The van der Waals surface area contributed by atoms with Crippen molar-refractivity contribution in [3.8, 4) is 17.6 Å². The lowest BCUT2D eigenvalue weighted by atomic mass is 9.80. The molecule has 302 valence electrons. The van der Waals surface area contributed by atoms with E-state index in [-0.39, 0.29) is 56.9 Å². The summed E-state index contributed by atoms with van der Waals surface area (Å²) in [5.41, 5.74) is 1.38. The molecule has 5 rings (SSSR count). The number of hydrogen-bond acceptors (Lipinski definition) is 13. The normalized spacial score (nSPS) is 16.3. The number of carbonyl (C=O) groups excluding carboxylic acids is 2. The molecule has 0 spiro atoms. The van der Waals surface area contributed by atoms with Gasteiger partial charge in [-0.05, 0) is 68.7 Å². The standard InChI is InChI=1S/C41H50N7O8P/c1-28(2)48(29(3)4)57(55-23-11-22-42)56-25-36(53-27-47-26-43-37-38(47)45-40(44-30(5)49)46-39(37)50)24-54-41(31-12-9-8-10-13-31,32-14-18-34(51-6)19-15-32)33-16-20-35(52-7)21-17-33/h8-10,12-21,26,28-29,36-37H,11,23-25,27H2,1-7H3,(H,44,46,49,50)/t36-,37?,57?/m1/s1. The van der Waals surface area contributed by atoms with Gasteiger partial charge in [0.05, 0.1) is 52.9 Å². The largest absolute Gasteiger partial charge is 0.497 e. The molecule has 0 bridgehead atoms. The summed E-state index contributed by atoms with van der Waals surface area (Å²) >= 11 is 0. The lowest BCUT2D eigenvalue weighted by Gasteiger charge is -2.38. The van der Waals surface area contributed by atoms with Crippen molar-refractivity contribution in [1.29, 1.82) is 5.26 Å². The number of nitrogens with zero attached hydrogens (tertiary/aromatic N) is 6. The molecule has 0 radical (unpaired) electrons. The van der Waals surface area contributed by atoms with E-state index in [1.807, 2.05) is 78.9 Å². The fourth-order valence-corrected chi connectivity index (χ4v) is 8.06. The van der Waals surface area contributed by atoms with E-state index in [9.17, 15) is 14.9 Å². The molecule has 3 atom stereocenters. The summed E-state index contributed by atoms with van der Waals surface area (Å²) in [6, 6.07) is 26.7. The second kappa shape index (κ2) is 20.4. The van der Waals surface area contributed by atoms with Gasteiger partial charge in [-0.25, -0.2) is 4.67 Å². The summed E-state index contributed by atoms with van der Waals surface area (Å²) in [7, 11) is 1.61. The highest BCUT2D eigenvalue weighted by Gasteiger charge is 2.40. The number of amides is 2. The van der Waals surface area contributed by atoms with E-state index in [1.165, 1.54) is 13.3 Å². The lowest BCUT2D eigenvalue weighted by Crippen LogP contribution is -2.44. The highest BCUT2D eigenvalue weighted by Crippen LogP contribution is 2.47. The lowest BCUT2D eigenvalue weighted by molar-refractivity contribution is -0.117. The van der Waals surface area contributed by atoms with Crippen LogP contribution in [-0.2, 0) is 33.7 Å². The van der Waals surface area contributed by atoms with Crippen LogP contribution in [0.2, 0.25) is 0 Å². The Morgan fingerprint density at radius 3 is 2.04 bits per heavy atom. The second-order valence-corrected chi connectivity index (χ2v) is 15.1. The van der Waals surface area contributed by atoms with Crippen LogP contribution in [0.4, 0.5) is 0 Å². The van der Waals surface area contributed by atoms with Gasteiger partial charge in [-0.2, -0.15) is 15.2 Å². The molecule has 57 heavy (non-hydrogen) atoms. The number of rotatable bonds is 20. The van der Waals surface area contributed by atoms with E-state index in [1.54, 1.807) is 19.1 Å². The van der Waals surface area contributed by atoms with Crippen molar-refractivity contribution in [1.82, 2.24) is 14.9 Å². The van der Waals surface area contributed by atoms with Gasteiger partial charge in [0.2, 0.25) is 11.9 Å². The molecule has 2 aliphatic heterocycles. The fraction of sp³-hybridized carbons (Fsp3) is 0.415. The Balaban J connectivity index is 1.52. The van der Waals surface area contributed by atoms with Crippen LogP contribution in [-0.4, -0.2) is 105 Å². The average molecular weight is 800 g/mol. The van der Waals surface area contributed by atoms with Crippen LogP contribution in [0.5, 0.6) is 11.5 Å². The molecular formula is C41H50N7O8P. The monoisotopic (exact) mass is 799 g/mol. The number of ether oxygens (including phenoxy) is 4. The maximum absolute atomic E-state index is 12.8. The van der Waals surface area contributed by atoms with Gasteiger partial charge < -0.3 is 28.0 Å². The van der Waals surface area contributed by atoms with E-state index < -0.39 is 38.1 Å². The Bertz CT molecular complexity index is 1880. The minimum atomic E-state index is -1.63. The highest BCUT2D eigenvalue weighted by atomic mass is 31.2. The quantitative estimate of drug-likeness (QED) is 0.0834. The first-order valence-electron chi connectivity index (χ1n) is 18.6. The summed E-state index contributed by atoms with van der Waals surface area (Å²) in [5.74, 6) is 0.558. The molecule has 0 saturated heterocycles. The Labute approximate surface area is 335 Å². The van der Waals surface area contributed by atoms with Gasteiger partial charge in [0.25, 0.3) is 14.4 Å². The minimum Gasteiger partial charge on any atom is -0.497 e. The third-order valence-electron chi connectivity index (χ3n) is 8.99. The summed E-state index contributed by atoms with van der Waals surface area (Å²) in [5, 5.41) is 11.7. The Morgan fingerprint density at radius 1 is 0.895 bits per heavy atom. The van der Waals surface area contributed by atoms with Gasteiger partial charge >= 0.3 is 0 Å². The van der Waals surface area contributed by atoms with E-state index in [0.29, 0.717) is 11.5 Å². The number of amidine groups is 1. The molecule has 0 aromatic heterocycles. The average Bonchev–Trinajstić information content (AvgIpc) is 3.62. The smallest absolute Gasteiger partial charge is 0.281 e. The van der Waals surface area contributed by atoms with Crippen molar-refractivity contribution in [2.24, 2.45) is 15.0 Å². The van der Waals surface area contributed by atoms with Gasteiger partial charge in [-0.1, -0.05) is 54.6 Å². The van der Waals surface area contributed by atoms with E-state index in [2.05, 4.69) is 58.7 Å². The number of hydrogen-bond donors (Lipinski definition) is 1. The maximum atomic E-state index is 12.8. The minimum absolute atomic E-state index is 0.0100. The van der Waals surface area contributed by atoms with E-state index >= 15 is 0 Å². The van der Waals surface area contributed by atoms with Gasteiger partial charge in [0.15, 0.2) is 11.9 Å². The summed E-state index contributed by atoms with van der Waals surface area (Å²) in [4.78, 5) is 38.8. The summed E-state index contributed by atoms with van der Waals surface area (Å²) in [6.07, 6.45) is 0.941.